The van der Waals surface area contributed by atoms with Crippen LogP contribution in [0.3, 0.4) is 0 Å². The summed E-state index contributed by atoms with van der Waals surface area (Å²) in [5.41, 5.74) is -6.65. The van der Waals surface area contributed by atoms with E-state index in [1.807, 2.05) is 0 Å². The SMILES string of the molecule is CC(=O)NC(C=C(C)C)C(O)C(=O)OC1CC2(O)C(OC(=O)c3ccccc3)C3[C@]4(O)COC4CC(O)[C@@]3(C)C(=O)C(O)C(=C1C)C2(C)C.[Ac].[Ac]. The molecule has 1 aromatic carbocycles. The zero-order chi connectivity index (χ0) is 36.4. The maximum absolute atomic E-state index is 14.5. The summed E-state index contributed by atoms with van der Waals surface area (Å²) in [4.78, 5) is 53.7. The quantitative estimate of drug-likeness (QED) is 0.166. The molecule has 2 radical (unpaired) electrons. The second-order valence-corrected chi connectivity index (χ2v) is 15.0. The van der Waals surface area contributed by atoms with Crippen LogP contribution in [-0.2, 0) is 28.6 Å². The Morgan fingerprint density at radius 1 is 1.02 bits per heavy atom. The number of esters is 2. The Morgan fingerprint density at radius 2 is 1.63 bits per heavy atom. The number of benzene rings is 1. The molecule has 0 aromatic heterocycles. The fourth-order valence-corrected chi connectivity index (χ4v) is 8.54. The van der Waals surface area contributed by atoms with Gasteiger partial charge in [0.25, 0.3) is 0 Å². The average molecular weight is 1140 g/mol. The van der Waals surface area contributed by atoms with Gasteiger partial charge in [-0.2, -0.15) is 0 Å². The molecule has 1 saturated heterocycles. The van der Waals surface area contributed by atoms with Crippen LogP contribution in [0.1, 0.15) is 71.7 Å². The van der Waals surface area contributed by atoms with Gasteiger partial charge in [-0.1, -0.05) is 43.7 Å². The summed E-state index contributed by atoms with van der Waals surface area (Å²) in [6.07, 6.45) is -8.50. The van der Waals surface area contributed by atoms with E-state index in [1.54, 1.807) is 45.9 Å². The Labute approximate surface area is 369 Å². The number of Topliss-reactive ketones (excluding diaryl/α,β-unsaturated/α-hetero) is 1. The minimum Gasteiger partial charge on any atom is -0.456 e. The predicted octanol–water partition coefficient (Wildman–Crippen LogP) is 0.894. The molecule has 9 unspecified atom stereocenters. The first-order valence-corrected chi connectivity index (χ1v) is 16.5. The normalized spacial score (nSPS) is 36.0. The molecular weight excluding hydrogens is 1090 g/mol. The van der Waals surface area contributed by atoms with Crippen molar-refractivity contribution in [3.8, 4) is 0 Å². The topological polar surface area (TPSA) is 209 Å². The Morgan fingerprint density at radius 3 is 2.16 bits per heavy atom. The van der Waals surface area contributed by atoms with Crippen LogP contribution in [0.5, 0.6) is 0 Å². The fourth-order valence-electron chi connectivity index (χ4n) is 8.54. The molecule has 3 aliphatic carbocycles. The number of nitrogens with one attached hydrogen (secondary N) is 1. The van der Waals surface area contributed by atoms with E-state index >= 15 is 0 Å². The summed E-state index contributed by atoms with van der Waals surface area (Å²) >= 11 is 0. The van der Waals surface area contributed by atoms with E-state index in [9.17, 15) is 44.7 Å². The van der Waals surface area contributed by atoms with Crippen molar-refractivity contribution in [1.82, 2.24) is 5.32 Å². The first-order chi connectivity index (χ1) is 22.7. The summed E-state index contributed by atoms with van der Waals surface area (Å²) < 4.78 is 17.6. The Hall–Kier alpha value is -0.577. The molecule has 2 saturated carbocycles. The molecule has 1 amide bonds. The third kappa shape index (κ3) is 7.54. The van der Waals surface area contributed by atoms with Gasteiger partial charge in [0, 0.05) is 119 Å². The first kappa shape index (κ1) is 44.8. The molecule has 51 heavy (non-hydrogen) atoms. The van der Waals surface area contributed by atoms with E-state index in [0.29, 0.717) is 5.57 Å². The van der Waals surface area contributed by atoms with Crippen molar-refractivity contribution >= 4 is 23.6 Å². The number of amides is 1. The van der Waals surface area contributed by atoms with Crippen molar-refractivity contribution in [2.24, 2.45) is 16.7 Å². The molecule has 15 heteroatoms. The van der Waals surface area contributed by atoms with Gasteiger partial charge >= 0.3 is 11.9 Å². The van der Waals surface area contributed by atoms with Crippen molar-refractivity contribution in [2.75, 3.05) is 6.61 Å². The molecule has 274 valence electrons. The van der Waals surface area contributed by atoms with Crippen LogP contribution < -0.4 is 5.32 Å². The number of carbonyl (C=O) groups is 4. The summed E-state index contributed by atoms with van der Waals surface area (Å²) in [7, 11) is 0. The van der Waals surface area contributed by atoms with Crippen LogP contribution in [0.4, 0.5) is 0 Å². The van der Waals surface area contributed by atoms with E-state index in [1.165, 1.54) is 39.0 Å². The summed E-state index contributed by atoms with van der Waals surface area (Å²) in [5, 5.41) is 62.2. The number of allylic oxidation sites excluding steroid dienone is 1. The van der Waals surface area contributed by atoms with Crippen LogP contribution in [0, 0.1) is 105 Å². The zero-order valence-electron chi connectivity index (χ0n) is 30.0. The van der Waals surface area contributed by atoms with Gasteiger partial charge in [0.1, 0.15) is 29.5 Å². The molecule has 13 nitrogen and oxygen atoms in total. The van der Waals surface area contributed by atoms with E-state index in [-0.39, 0.29) is 118 Å². The second kappa shape index (κ2) is 16.3. The molecule has 2 bridgehead atoms. The van der Waals surface area contributed by atoms with E-state index in [4.69, 9.17) is 14.2 Å². The fraction of sp³-hybridized carbons (Fsp3) is 0.611. The third-order valence-electron chi connectivity index (χ3n) is 11.3. The second-order valence-electron chi connectivity index (χ2n) is 15.0. The molecule has 4 aliphatic rings. The monoisotopic (exact) mass is 1140 g/mol. The maximum atomic E-state index is 14.5. The van der Waals surface area contributed by atoms with Crippen molar-refractivity contribution in [2.45, 2.75) is 115 Å². The number of ether oxygens (including phenoxy) is 3. The predicted molar refractivity (Wildman–Crippen MR) is 173 cm³/mol. The Kier molecular flexibility index (Phi) is 14.3. The van der Waals surface area contributed by atoms with Crippen LogP contribution in [0.15, 0.2) is 53.1 Å². The van der Waals surface area contributed by atoms with Gasteiger partial charge in [-0.05, 0) is 51.0 Å². The molecule has 1 aromatic rings. The van der Waals surface area contributed by atoms with E-state index < -0.39 is 101 Å². The summed E-state index contributed by atoms with van der Waals surface area (Å²) in [6, 6.07) is 6.75. The van der Waals surface area contributed by atoms with Crippen LogP contribution >= 0.6 is 0 Å². The van der Waals surface area contributed by atoms with E-state index in [0.717, 1.165) is 0 Å². The smallest absolute Gasteiger partial charge is 0.338 e. The van der Waals surface area contributed by atoms with Crippen LogP contribution in [0.2, 0.25) is 0 Å². The Balaban J connectivity index is 0.00000351. The largest absolute Gasteiger partial charge is 0.456 e. The van der Waals surface area contributed by atoms with Gasteiger partial charge in [0.15, 0.2) is 11.9 Å². The minimum atomic E-state index is -2.26. The van der Waals surface area contributed by atoms with Crippen molar-refractivity contribution in [3.63, 3.8) is 0 Å². The molecule has 1 aliphatic heterocycles. The average Bonchev–Trinajstić information content (AvgIpc) is 3.02. The standard InChI is InChI=1S/C36H47NO12.2Ac/c1-17(2)13-21(37-19(4)38)26(40)32(44)48-22-15-36(46)30(49-31(43)20-11-9-8-10-12-20)28-34(7,23(39)14-24-35(28,45)16-47-24)29(42)27(41)25(18(22)3)33(36,5)6;;/h8-13,21-24,26-28,30,39-41,45-46H,14-16H2,1-7H3,(H,37,38);;/t21?,22?,23?,24?,26?,27?,28?,30?,34-,35+,36?;;/m1../s1. The first-order valence-electron chi connectivity index (χ1n) is 16.5. The number of aliphatic hydroxyl groups is 5. The number of hydrogen-bond acceptors (Lipinski definition) is 12. The third-order valence-corrected chi connectivity index (χ3v) is 11.3. The van der Waals surface area contributed by atoms with Gasteiger partial charge in [-0.15, -0.1) is 0 Å². The number of rotatable bonds is 7. The van der Waals surface area contributed by atoms with Gasteiger partial charge in [-0.3, -0.25) is 9.59 Å². The molecule has 11 atom stereocenters. The van der Waals surface area contributed by atoms with Crippen LogP contribution in [0.25, 0.3) is 0 Å². The van der Waals surface area contributed by atoms with Crippen LogP contribution in [-0.4, -0.2) is 110 Å². The molecule has 1 heterocycles. The van der Waals surface area contributed by atoms with Gasteiger partial charge < -0.3 is 45.1 Å². The molecule has 0 spiro atoms. The number of aliphatic hydroxyl groups excluding tert-OH is 3. The molecule has 5 rings (SSSR count). The molecular formula is C36H47Ac2NO12. The zero-order valence-corrected chi connectivity index (χ0v) is 39.4. The number of fused-ring (bicyclic) bond motifs is 5. The number of hydrogen-bond donors (Lipinski definition) is 6. The van der Waals surface area contributed by atoms with Crippen molar-refractivity contribution in [3.05, 3.63) is 58.7 Å². The maximum Gasteiger partial charge on any atom is 0.338 e. The van der Waals surface area contributed by atoms with Gasteiger partial charge in [0.2, 0.25) is 5.91 Å². The number of ketones is 1. The summed E-state index contributed by atoms with van der Waals surface area (Å²) in [5.74, 6) is -4.94. The molecule has 3 fully saturated rings. The van der Waals surface area contributed by atoms with Gasteiger partial charge in [-0.25, -0.2) is 9.59 Å². The summed E-state index contributed by atoms with van der Waals surface area (Å²) in [6.45, 7) is 10.4. The minimum absolute atomic E-state index is 0. The van der Waals surface area contributed by atoms with Crippen molar-refractivity contribution in [1.29, 1.82) is 0 Å². The number of carbonyl (C=O) groups excluding carboxylic acids is 4. The Bertz CT molecular complexity index is 1600. The van der Waals surface area contributed by atoms with Gasteiger partial charge in [0.05, 0.1) is 35.8 Å². The van der Waals surface area contributed by atoms with Crippen molar-refractivity contribution < 1.29 is 147 Å². The molecule has 6 N–H and O–H groups in total. The van der Waals surface area contributed by atoms with E-state index in [2.05, 4.69) is 5.32 Å².